The van der Waals surface area contributed by atoms with Crippen LogP contribution in [0.4, 0.5) is 0 Å². The van der Waals surface area contributed by atoms with Gasteiger partial charge in [0.1, 0.15) is 6.04 Å². The number of H-pyrrole nitrogens is 1. The van der Waals surface area contributed by atoms with E-state index in [9.17, 15) is 4.79 Å². The Morgan fingerprint density at radius 3 is 2.44 bits per heavy atom. The van der Waals surface area contributed by atoms with Gasteiger partial charge in [-0.05, 0) is 39.2 Å². The molecule has 0 unspecified atom stereocenters. The van der Waals surface area contributed by atoms with Crippen molar-refractivity contribution >= 4 is 5.91 Å². The second kappa shape index (κ2) is 7.40. The fraction of sp³-hybridized carbons (Fsp3) is 0.500. The summed E-state index contributed by atoms with van der Waals surface area (Å²) in [7, 11) is 0. The van der Waals surface area contributed by atoms with E-state index in [-0.39, 0.29) is 11.9 Å². The molecule has 1 heterocycles. The van der Waals surface area contributed by atoms with Crippen LogP contribution in [0.2, 0.25) is 0 Å². The topological polar surface area (TPSA) is 75.0 Å². The Bertz CT molecular complexity index is 709. The molecule has 5 nitrogen and oxygen atoms in total. The first-order valence-corrected chi connectivity index (χ1v) is 9.10. The highest BCUT2D eigenvalue weighted by atomic mass is 16.2. The minimum Gasteiger partial charge on any atom is -0.334 e. The van der Waals surface area contributed by atoms with Gasteiger partial charge in [0.2, 0.25) is 5.91 Å². The average Bonchev–Trinajstić information content (AvgIpc) is 3.23. The van der Waals surface area contributed by atoms with Crippen molar-refractivity contribution in [2.75, 3.05) is 0 Å². The summed E-state index contributed by atoms with van der Waals surface area (Å²) < 4.78 is 0. The van der Waals surface area contributed by atoms with Gasteiger partial charge in [-0.2, -0.15) is 5.10 Å². The third kappa shape index (κ3) is 3.76. The lowest BCUT2D eigenvalue weighted by molar-refractivity contribution is -0.135. The second-order valence-corrected chi connectivity index (χ2v) is 7.22. The normalized spacial score (nSPS) is 16.2. The van der Waals surface area contributed by atoms with Crippen LogP contribution in [0.25, 0.3) is 0 Å². The third-order valence-electron chi connectivity index (χ3n) is 5.28. The first-order chi connectivity index (χ1) is 12.0. The van der Waals surface area contributed by atoms with Crippen molar-refractivity contribution < 1.29 is 4.79 Å². The van der Waals surface area contributed by atoms with E-state index in [1.165, 1.54) is 18.4 Å². The standard InChI is InChI=1S/C20H28N4O/c1-13-8-10-16(11-9-13)12-24(17-6-4-5-7-17)20(25)19(21)18-14(2)22-23-15(18)3/h8-11,17,19H,4-7,12,21H2,1-3H3,(H,22,23)/t19-/m0/s1. The highest BCUT2D eigenvalue weighted by Crippen LogP contribution is 2.28. The van der Waals surface area contributed by atoms with Gasteiger partial charge in [-0.1, -0.05) is 42.7 Å². The van der Waals surface area contributed by atoms with Crippen LogP contribution in [0.5, 0.6) is 0 Å². The van der Waals surface area contributed by atoms with Crippen LogP contribution in [0.15, 0.2) is 24.3 Å². The Labute approximate surface area is 149 Å². The largest absolute Gasteiger partial charge is 0.334 e. The van der Waals surface area contributed by atoms with Gasteiger partial charge in [0.15, 0.2) is 0 Å². The van der Waals surface area contributed by atoms with Crippen LogP contribution in [-0.2, 0) is 11.3 Å². The molecule has 0 radical (unpaired) electrons. The highest BCUT2D eigenvalue weighted by molar-refractivity contribution is 5.84. The van der Waals surface area contributed by atoms with E-state index in [4.69, 9.17) is 5.73 Å². The minimum atomic E-state index is -0.662. The summed E-state index contributed by atoms with van der Waals surface area (Å²) in [6.45, 7) is 6.51. The summed E-state index contributed by atoms with van der Waals surface area (Å²) in [5, 5.41) is 7.13. The molecule has 1 saturated carbocycles. The van der Waals surface area contributed by atoms with Gasteiger partial charge in [-0.3, -0.25) is 9.89 Å². The van der Waals surface area contributed by atoms with Crippen molar-refractivity contribution in [1.29, 1.82) is 0 Å². The second-order valence-electron chi connectivity index (χ2n) is 7.22. The van der Waals surface area contributed by atoms with E-state index in [1.54, 1.807) is 0 Å². The fourth-order valence-electron chi connectivity index (χ4n) is 3.81. The molecule has 1 aliphatic rings. The van der Waals surface area contributed by atoms with Crippen molar-refractivity contribution in [2.45, 2.75) is 65.1 Å². The molecule has 2 aromatic rings. The first kappa shape index (κ1) is 17.7. The Hall–Kier alpha value is -2.14. The van der Waals surface area contributed by atoms with Crippen molar-refractivity contribution in [2.24, 2.45) is 5.73 Å². The van der Waals surface area contributed by atoms with E-state index < -0.39 is 6.04 Å². The van der Waals surface area contributed by atoms with Crippen LogP contribution in [-0.4, -0.2) is 27.0 Å². The number of carbonyl (C=O) groups excluding carboxylic acids is 1. The quantitative estimate of drug-likeness (QED) is 0.877. The number of nitrogens with zero attached hydrogens (tertiary/aromatic N) is 2. The van der Waals surface area contributed by atoms with Crippen molar-refractivity contribution in [1.82, 2.24) is 15.1 Å². The number of rotatable bonds is 5. The molecule has 1 amide bonds. The highest BCUT2D eigenvalue weighted by Gasteiger charge is 2.32. The van der Waals surface area contributed by atoms with E-state index in [0.717, 1.165) is 35.4 Å². The summed E-state index contributed by atoms with van der Waals surface area (Å²) in [5.41, 5.74) is 11.3. The van der Waals surface area contributed by atoms with E-state index in [2.05, 4.69) is 41.4 Å². The molecule has 0 aliphatic heterocycles. The van der Waals surface area contributed by atoms with Gasteiger partial charge >= 0.3 is 0 Å². The summed E-state index contributed by atoms with van der Waals surface area (Å²) in [6.07, 6.45) is 4.49. The number of benzene rings is 1. The molecule has 1 aromatic carbocycles. The van der Waals surface area contributed by atoms with Crippen molar-refractivity contribution in [3.05, 3.63) is 52.3 Å². The average molecular weight is 340 g/mol. The summed E-state index contributed by atoms with van der Waals surface area (Å²) >= 11 is 0. The number of hydrogen-bond acceptors (Lipinski definition) is 3. The molecule has 1 fully saturated rings. The number of nitrogens with one attached hydrogen (secondary N) is 1. The number of carbonyl (C=O) groups is 1. The van der Waals surface area contributed by atoms with Gasteiger partial charge < -0.3 is 10.6 Å². The predicted octanol–water partition coefficient (Wildman–Crippen LogP) is 3.31. The molecule has 1 aliphatic carbocycles. The molecule has 0 saturated heterocycles. The summed E-state index contributed by atoms with van der Waals surface area (Å²) in [4.78, 5) is 15.3. The number of hydrogen-bond donors (Lipinski definition) is 2. The van der Waals surface area contributed by atoms with Crippen LogP contribution in [0, 0.1) is 20.8 Å². The van der Waals surface area contributed by atoms with Gasteiger partial charge in [-0.25, -0.2) is 0 Å². The van der Waals surface area contributed by atoms with Crippen molar-refractivity contribution in [3.8, 4) is 0 Å². The number of aromatic nitrogens is 2. The number of aryl methyl sites for hydroxylation is 3. The van der Waals surface area contributed by atoms with Gasteiger partial charge in [0.05, 0.1) is 5.69 Å². The Balaban J connectivity index is 1.85. The Kier molecular flexibility index (Phi) is 5.23. The Morgan fingerprint density at radius 2 is 1.88 bits per heavy atom. The summed E-state index contributed by atoms with van der Waals surface area (Å²) in [5.74, 6) is 0.0000694. The SMILES string of the molecule is Cc1ccc(CN(C(=O)[C@@H](N)c2c(C)n[nH]c2C)C2CCCC2)cc1. The maximum Gasteiger partial charge on any atom is 0.244 e. The third-order valence-corrected chi connectivity index (χ3v) is 5.28. The zero-order chi connectivity index (χ0) is 18.0. The van der Waals surface area contributed by atoms with E-state index in [0.29, 0.717) is 6.54 Å². The maximum atomic E-state index is 13.3. The van der Waals surface area contributed by atoms with Crippen LogP contribution < -0.4 is 5.73 Å². The molecular weight excluding hydrogens is 312 g/mol. The molecule has 1 atom stereocenters. The molecule has 134 valence electrons. The zero-order valence-electron chi connectivity index (χ0n) is 15.4. The van der Waals surface area contributed by atoms with Gasteiger partial charge in [0.25, 0.3) is 0 Å². The minimum absolute atomic E-state index is 0.0000694. The molecule has 25 heavy (non-hydrogen) atoms. The summed E-state index contributed by atoms with van der Waals surface area (Å²) in [6, 6.07) is 8.01. The number of aromatic amines is 1. The smallest absolute Gasteiger partial charge is 0.244 e. The molecule has 3 N–H and O–H groups in total. The van der Waals surface area contributed by atoms with Crippen LogP contribution in [0.3, 0.4) is 0 Å². The van der Waals surface area contributed by atoms with Crippen LogP contribution >= 0.6 is 0 Å². The molecule has 0 bridgehead atoms. The molecule has 0 spiro atoms. The monoisotopic (exact) mass is 340 g/mol. The number of amides is 1. The lowest BCUT2D eigenvalue weighted by atomic mass is 10.0. The van der Waals surface area contributed by atoms with E-state index in [1.807, 2.05) is 18.7 Å². The molecule has 1 aromatic heterocycles. The lowest BCUT2D eigenvalue weighted by Gasteiger charge is -2.31. The molecule has 5 heteroatoms. The number of nitrogens with two attached hydrogens (primary N) is 1. The Morgan fingerprint density at radius 1 is 1.24 bits per heavy atom. The first-order valence-electron chi connectivity index (χ1n) is 9.10. The van der Waals surface area contributed by atoms with Gasteiger partial charge in [0, 0.05) is 23.8 Å². The lowest BCUT2D eigenvalue weighted by Crippen LogP contribution is -2.43. The molecular formula is C20H28N4O. The van der Waals surface area contributed by atoms with Crippen molar-refractivity contribution in [3.63, 3.8) is 0 Å². The van der Waals surface area contributed by atoms with Crippen LogP contribution in [0.1, 0.15) is 59.8 Å². The van der Waals surface area contributed by atoms with E-state index >= 15 is 0 Å². The predicted molar refractivity (Wildman–Crippen MR) is 99.0 cm³/mol. The fourth-order valence-corrected chi connectivity index (χ4v) is 3.81. The van der Waals surface area contributed by atoms with Gasteiger partial charge in [-0.15, -0.1) is 0 Å². The maximum absolute atomic E-state index is 13.3. The zero-order valence-corrected chi connectivity index (χ0v) is 15.4. The molecule has 3 rings (SSSR count).